The number of nitrogens with zero attached hydrogens (tertiary/aromatic N) is 1. The van der Waals surface area contributed by atoms with E-state index in [0.29, 0.717) is 12.1 Å². The van der Waals surface area contributed by atoms with Gasteiger partial charge in [0, 0.05) is 12.1 Å². The van der Waals surface area contributed by atoms with Crippen LogP contribution in [0.1, 0.15) is 77.0 Å². The normalized spacial score (nSPS) is 31.9. The first-order chi connectivity index (χ1) is 8.90. The molecule has 2 heteroatoms. The molecule has 0 aromatic heterocycles. The van der Waals surface area contributed by atoms with Crippen molar-refractivity contribution in [3.8, 4) is 6.07 Å². The van der Waals surface area contributed by atoms with Crippen molar-refractivity contribution in [3.63, 3.8) is 0 Å². The smallest absolute Gasteiger partial charge is 0.0672 e. The fourth-order valence-electron chi connectivity index (χ4n) is 3.59. The molecule has 0 saturated heterocycles. The second kappa shape index (κ2) is 7.79. The Bertz CT molecular complexity index is 261. The second-order valence-electron chi connectivity index (χ2n) is 6.19. The van der Waals surface area contributed by atoms with Gasteiger partial charge in [0.25, 0.3) is 0 Å². The van der Waals surface area contributed by atoms with E-state index in [4.69, 9.17) is 0 Å². The van der Waals surface area contributed by atoms with Crippen LogP contribution in [0.3, 0.4) is 0 Å². The molecule has 2 fully saturated rings. The van der Waals surface area contributed by atoms with Gasteiger partial charge in [-0.1, -0.05) is 51.4 Å². The minimum atomic E-state index is 0.262. The van der Waals surface area contributed by atoms with E-state index >= 15 is 0 Å². The van der Waals surface area contributed by atoms with Crippen LogP contribution in [-0.2, 0) is 0 Å². The minimum Gasteiger partial charge on any atom is -0.310 e. The predicted octanol–water partition coefficient (Wildman–Crippen LogP) is 4.16. The van der Waals surface area contributed by atoms with Gasteiger partial charge in [-0.25, -0.2) is 0 Å². The maximum atomic E-state index is 9.33. The first-order valence-corrected chi connectivity index (χ1v) is 8.06. The Kier molecular flexibility index (Phi) is 6.00. The Balaban J connectivity index is 1.86. The molecule has 2 aliphatic rings. The minimum absolute atomic E-state index is 0.262. The van der Waals surface area contributed by atoms with Gasteiger partial charge in [0.15, 0.2) is 0 Å². The van der Waals surface area contributed by atoms with E-state index in [0.717, 1.165) is 6.42 Å². The van der Waals surface area contributed by atoms with Crippen LogP contribution in [-0.4, -0.2) is 12.1 Å². The third kappa shape index (κ3) is 4.28. The number of nitriles is 1. The molecule has 0 bridgehead atoms. The van der Waals surface area contributed by atoms with Gasteiger partial charge in [-0.2, -0.15) is 5.26 Å². The molecule has 2 saturated carbocycles. The summed E-state index contributed by atoms with van der Waals surface area (Å²) in [7, 11) is 0. The zero-order valence-corrected chi connectivity index (χ0v) is 11.7. The molecule has 0 spiro atoms. The zero-order chi connectivity index (χ0) is 12.6. The molecule has 0 amide bonds. The summed E-state index contributed by atoms with van der Waals surface area (Å²) < 4.78 is 0. The summed E-state index contributed by atoms with van der Waals surface area (Å²) in [5.74, 6) is 0.262. The van der Waals surface area contributed by atoms with Crippen LogP contribution < -0.4 is 5.32 Å². The van der Waals surface area contributed by atoms with Crippen molar-refractivity contribution in [1.29, 1.82) is 5.26 Å². The Morgan fingerprint density at radius 3 is 2.00 bits per heavy atom. The van der Waals surface area contributed by atoms with Crippen LogP contribution in [0.4, 0.5) is 0 Å². The lowest BCUT2D eigenvalue weighted by molar-refractivity contribution is 0.306. The highest BCUT2D eigenvalue weighted by molar-refractivity contribution is 4.94. The molecule has 1 N–H and O–H groups in total. The molecule has 0 aromatic rings. The van der Waals surface area contributed by atoms with E-state index in [2.05, 4.69) is 11.4 Å². The Morgan fingerprint density at radius 1 is 0.722 bits per heavy atom. The number of hydrogen-bond donors (Lipinski definition) is 1. The lowest BCUT2D eigenvalue weighted by atomic mass is 9.92. The van der Waals surface area contributed by atoms with Crippen LogP contribution >= 0.6 is 0 Å². The number of rotatable bonds is 2. The van der Waals surface area contributed by atoms with Crippen molar-refractivity contribution in [2.24, 2.45) is 5.92 Å². The van der Waals surface area contributed by atoms with Crippen molar-refractivity contribution >= 4 is 0 Å². The van der Waals surface area contributed by atoms with Crippen LogP contribution in [0.15, 0.2) is 0 Å². The molecule has 102 valence electrons. The molecule has 2 rings (SSSR count). The van der Waals surface area contributed by atoms with Crippen molar-refractivity contribution < 1.29 is 0 Å². The van der Waals surface area contributed by atoms with Crippen molar-refractivity contribution in [2.45, 2.75) is 89.1 Å². The van der Waals surface area contributed by atoms with E-state index in [1.807, 2.05) is 0 Å². The summed E-state index contributed by atoms with van der Waals surface area (Å²) >= 11 is 0. The Morgan fingerprint density at radius 2 is 1.28 bits per heavy atom. The Hall–Kier alpha value is -0.550. The predicted molar refractivity (Wildman–Crippen MR) is 75.2 cm³/mol. The SMILES string of the molecule is N#CC1CCCCCC1NC1CCCCCCC1. The van der Waals surface area contributed by atoms with Gasteiger partial charge in [-0.3, -0.25) is 0 Å². The maximum absolute atomic E-state index is 9.33. The highest BCUT2D eigenvalue weighted by atomic mass is 15.0. The molecule has 2 unspecified atom stereocenters. The molecular formula is C16H28N2. The monoisotopic (exact) mass is 248 g/mol. The lowest BCUT2D eigenvalue weighted by Gasteiger charge is -2.28. The molecule has 0 radical (unpaired) electrons. The maximum Gasteiger partial charge on any atom is 0.0672 e. The van der Waals surface area contributed by atoms with Gasteiger partial charge >= 0.3 is 0 Å². The first kappa shape index (κ1) is 13.9. The van der Waals surface area contributed by atoms with Gasteiger partial charge in [-0.15, -0.1) is 0 Å². The summed E-state index contributed by atoms with van der Waals surface area (Å²) in [6.45, 7) is 0. The third-order valence-corrected chi connectivity index (χ3v) is 4.74. The van der Waals surface area contributed by atoms with E-state index in [1.54, 1.807) is 0 Å². The summed E-state index contributed by atoms with van der Waals surface area (Å²) in [6, 6.07) is 3.71. The molecule has 0 heterocycles. The molecule has 2 aliphatic carbocycles. The second-order valence-corrected chi connectivity index (χ2v) is 6.19. The quantitative estimate of drug-likeness (QED) is 0.745. The first-order valence-electron chi connectivity index (χ1n) is 8.06. The van der Waals surface area contributed by atoms with E-state index in [1.165, 1.54) is 70.6 Å². The average molecular weight is 248 g/mol. The largest absolute Gasteiger partial charge is 0.310 e. The lowest BCUT2D eigenvalue weighted by Crippen LogP contribution is -2.42. The van der Waals surface area contributed by atoms with Crippen LogP contribution in [0.5, 0.6) is 0 Å². The van der Waals surface area contributed by atoms with E-state index in [-0.39, 0.29) is 5.92 Å². The number of nitrogens with one attached hydrogen (secondary N) is 1. The molecule has 0 aromatic carbocycles. The topological polar surface area (TPSA) is 35.8 Å². The average Bonchev–Trinajstić information content (AvgIpc) is 2.57. The van der Waals surface area contributed by atoms with E-state index in [9.17, 15) is 5.26 Å². The standard InChI is InChI=1S/C16H28N2/c17-13-14-9-5-4-8-12-16(14)18-15-10-6-2-1-3-7-11-15/h14-16,18H,1-12H2. The number of hydrogen-bond acceptors (Lipinski definition) is 2. The zero-order valence-electron chi connectivity index (χ0n) is 11.7. The molecular weight excluding hydrogens is 220 g/mol. The molecule has 2 nitrogen and oxygen atoms in total. The molecule has 2 atom stereocenters. The third-order valence-electron chi connectivity index (χ3n) is 4.74. The fraction of sp³-hybridized carbons (Fsp3) is 0.938. The van der Waals surface area contributed by atoms with Crippen molar-refractivity contribution in [3.05, 3.63) is 0 Å². The van der Waals surface area contributed by atoms with Gasteiger partial charge in [0.2, 0.25) is 0 Å². The highest BCUT2D eigenvalue weighted by Gasteiger charge is 2.25. The summed E-state index contributed by atoms with van der Waals surface area (Å²) in [5, 5.41) is 13.2. The molecule has 18 heavy (non-hydrogen) atoms. The van der Waals surface area contributed by atoms with Gasteiger partial charge in [0.1, 0.15) is 0 Å². The van der Waals surface area contributed by atoms with Crippen LogP contribution in [0, 0.1) is 17.2 Å². The highest BCUT2D eigenvalue weighted by Crippen LogP contribution is 2.25. The fourth-order valence-corrected chi connectivity index (χ4v) is 3.59. The summed E-state index contributed by atoms with van der Waals surface area (Å²) in [6.07, 6.45) is 15.9. The van der Waals surface area contributed by atoms with E-state index < -0.39 is 0 Å². The van der Waals surface area contributed by atoms with Crippen LogP contribution in [0.2, 0.25) is 0 Å². The van der Waals surface area contributed by atoms with Crippen LogP contribution in [0.25, 0.3) is 0 Å². The van der Waals surface area contributed by atoms with Gasteiger partial charge < -0.3 is 5.32 Å². The summed E-state index contributed by atoms with van der Waals surface area (Å²) in [5.41, 5.74) is 0. The van der Waals surface area contributed by atoms with Crippen molar-refractivity contribution in [1.82, 2.24) is 5.32 Å². The molecule has 0 aliphatic heterocycles. The summed E-state index contributed by atoms with van der Waals surface area (Å²) in [4.78, 5) is 0. The Labute approximate surface area is 112 Å². The van der Waals surface area contributed by atoms with Gasteiger partial charge in [0.05, 0.1) is 12.0 Å². The van der Waals surface area contributed by atoms with Crippen molar-refractivity contribution in [2.75, 3.05) is 0 Å². The van der Waals surface area contributed by atoms with Gasteiger partial charge in [-0.05, 0) is 25.7 Å².